The molecule has 0 radical (unpaired) electrons. The van der Waals surface area contributed by atoms with Crippen LogP contribution in [-0.2, 0) is 14.6 Å². The Hall–Kier alpha value is -8.61. The molecule has 25 heteroatoms. The van der Waals surface area contributed by atoms with Gasteiger partial charge in [0.1, 0.15) is 6.26 Å². The van der Waals surface area contributed by atoms with Crippen molar-refractivity contribution >= 4 is 78.4 Å². The molecule has 6 aliphatic heterocycles. The molecule has 14 rings (SSSR count). The second-order valence-electron chi connectivity index (χ2n) is 24.3. The zero-order valence-corrected chi connectivity index (χ0v) is 51.3. The first-order valence-electron chi connectivity index (χ1n) is 30.4. The van der Waals surface area contributed by atoms with E-state index in [9.17, 15) is 13.2 Å². The number of aryl methyl sites for hydroxylation is 1. The highest BCUT2D eigenvalue weighted by Gasteiger charge is 2.42. The van der Waals surface area contributed by atoms with E-state index < -0.39 is 14.6 Å². The van der Waals surface area contributed by atoms with E-state index in [-0.39, 0.29) is 5.75 Å². The van der Waals surface area contributed by atoms with Crippen molar-refractivity contribution in [3.63, 3.8) is 0 Å². The van der Waals surface area contributed by atoms with Gasteiger partial charge in [0, 0.05) is 146 Å². The van der Waals surface area contributed by atoms with Crippen LogP contribution >= 0.6 is 0 Å². The largest absolute Gasteiger partial charge is 0.451 e. The fourth-order valence-corrected chi connectivity index (χ4v) is 14.3. The van der Waals surface area contributed by atoms with Crippen LogP contribution in [0.25, 0.3) is 0 Å². The molecule has 464 valence electrons. The van der Waals surface area contributed by atoms with Crippen LogP contribution in [0.1, 0.15) is 88.9 Å². The highest BCUT2D eigenvalue weighted by atomic mass is 32.2. The van der Waals surface area contributed by atoms with Gasteiger partial charge in [0.05, 0.1) is 104 Å². The third-order valence-corrected chi connectivity index (χ3v) is 20.7. The van der Waals surface area contributed by atoms with E-state index in [4.69, 9.17) is 33.1 Å². The number of nitrogens with zero attached hydrogens (tertiary/aromatic N) is 14. The van der Waals surface area contributed by atoms with Crippen LogP contribution in [-0.4, -0.2) is 161 Å². The molecule has 6 saturated heterocycles. The maximum absolute atomic E-state index is 11.9. The van der Waals surface area contributed by atoms with Crippen LogP contribution in [0.3, 0.4) is 0 Å². The zero-order chi connectivity index (χ0) is 61.1. The second kappa shape index (κ2) is 27.4. The van der Waals surface area contributed by atoms with Crippen LogP contribution in [0.2, 0.25) is 0 Å². The monoisotopic (exact) mass is 1210 g/mol. The van der Waals surface area contributed by atoms with Crippen LogP contribution in [0.4, 0.5) is 62.7 Å². The lowest BCUT2D eigenvalue weighted by atomic mass is 9.64. The van der Waals surface area contributed by atoms with Crippen LogP contribution in [0, 0.1) is 12.3 Å². The fraction of sp³-hybridized carbons (Fsp3) is 0.484. The number of fused-ring (bicyclic) bond motifs is 1. The number of nitrogens with one attached hydrogen (secondary N) is 1. The fourth-order valence-electron chi connectivity index (χ4n) is 12.9. The quantitative estimate of drug-likeness (QED) is 0.0973. The number of sulfone groups is 1. The summed E-state index contributed by atoms with van der Waals surface area (Å²) in [7, 11) is -3.01. The Labute approximate surface area is 510 Å². The van der Waals surface area contributed by atoms with Gasteiger partial charge in [-0.15, -0.1) is 0 Å². The summed E-state index contributed by atoms with van der Waals surface area (Å²) in [6.45, 7) is 17.2. The molecule has 7 aromatic heterocycles. The van der Waals surface area contributed by atoms with Gasteiger partial charge in [-0.3, -0.25) is 34.8 Å². The Kier molecular flexibility index (Phi) is 19.4. The predicted octanol–water partition coefficient (Wildman–Crippen LogP) is 6.64. The van der Waals surface area contributed by atoms with Crippen molar-refractivity contribution in [2.45, 2.75) is 95.3 Å². The average molecular weight is 1210 g/mol. The van der Waals surface area contributed by atoms with Gasteiger partial charge in [0.2, 0.25) is 5.91 Å². The van der Waals surface area contributed by atoms with Gasteiger partial charge in [0.25, 0.3) is 0 Å². The highest BCUT2D eigenvalue weighted by molar-refractivity contribution is 7.92. The number of nitrogen functional groups attached to an aromatic ring is 5. The Morgan fingerprint density at radius 1 is 0.575 bits per heavy atom. The number of pyridine rings is 5. The van der Waals surface area contributed by atoms with Gasteiger partial charge in [-0.25, -0.2) is 13.4 Å². The van der Waals surface area contributed by atoms with E-state index in [1.54, 1.807) is 75.9 Å². The summed E-state index contributed by atoms with van der Waals surface area (Å²) >= 11 is 0. The number of piperidine rings is 2. The number of rotatable bonds is 7. The minimum Gasteiger partial charge on any atom is -0.451 e. The number of anilines is 11. The summed E-state index contributed by atoms with van der Waals surface area (Å²) in [6.07, 6.45) is 31.3. The molecule has 0 aromatic carbocycles. The van der Waals surface area contributed by atoms with Crippen molar-refractivity contribution in [2.24, 2.45) is 5.41 Å². The SMILES string of the molecule is CC1(C)CN(c2ccncc2N)CCS1(=O)=O.Cc1cc(N2CCN(c3ccncc3N)CC2)n[nH]1.Nc1cnccc1N1CCC(c2cocn2)CC1.Nc1cnccc1N1CCCC2(CCC2)C1.Nc1cnccc1N1CCN2C(=O)CC[C@H]2C1. The molecular weight excluding hydrogens is 1120 g/mol. The smallest absolute Gasteiger partial charge is 0.223 e. The summed E-state index contributed by atoms with van der Waals surface area (Å²) < 4.78 is 28.1. The summed E-state index contributed by atoms with van der Waals surface area (Å²) in [6, 6.07) is 12.2. The number of carbonyl (C=O) groups excluding carboxylic acids is 1. The van der Waals surface area contributed by atoms with E-state index in [1.807, 2.05) is 53.3 Å². The standard InChI is InChI=1S/C13H18N6.C13H16N4O.C13H19N3.C12H16N4O.C11H17N3O2S/c1-10-8-13(17-16-10)19-6-4-18(5-7-19)12-2-3-15-9-11(12)14;14-11-7-15-4-1-13(11)17-5-2-10(3-6-17)12-8-18-9-16-12;14-11-9-15-7-3-12(11)16-8-2-6-13(10-16)4-1-5-13;13-10-7-14-4-3-11(10)15-5-6-16-9(8-15)1-2-12(16)17;1-11(2)8-14(5-6-17(11,15)16)10-3-4-13-7-9(10)12/h2-3,8-9H,4-7,14H2,1H3,(H,16,17);1,4,7-10H,2-3,5-6,14H2;3,7,9H,1-2,4-6,8,10,14H2;3-4,7,9H,1-2,5-6,8,13H2;3-4,7H,5-6,8,12H2,1-2H3/t;;;9-;/m...0./s1. The number of hydrogen-bond acceptors (Lipinski definition) is 22. The lowest BCUT2D eigenvalue weighted by Crippen LogP contribution is -2.53. The summed E-state index contributed by atoms with van der Waals surface area (Å²) in [4.78, 5) is 51.5. The van der Waals surface area contributed by atoms with Crippen molar-refractivity contribution in [3.8, 4) is 0 Å². The van der Waals surface area contributed by atoms with Crippen LogP contribution in [0.15, 0.2) is 115 Å². The Morgan fingerprint density at radius 2 is 1.06 bits per heavy atom. The van der Waals surface area contributed by atoms with E-state index in [1.165, 1.54) is 50.7 Å². The van der Waals surface area contributed by atoms with Gasteiger partial charge in [-0.05, 0) is 101 Å². The number of H-pyrrole nitrogens is 1. The van der Waals surface area contributed by atoms with Gasteiger partial charge < -0.3 is 67.4 Å². The molecule has 1 amide bonds. The van der Waals surface area contributed by atoms with Crippen molar-refractivity contribution in [1.29, 1.82) is 0 Å². The molecule has 1 saturated carbocycles. The minimum atomic E-state index is -3.01. The molecule has 11 N–H and O–H groups in total. The zero-order valence-electron chi connectivity index (χ0n) is 50.5. The lowest BCUT2D eigenvalue weighted by molar-refractivity contribution is -0.129. The molecule has 87 heavy (non-hydrogen) atoms. The highest BCUT2D eigenvalue weighted by Crippen LogP contribution is 2.48. The summed E-state index contributed by atoms with van der Waals surface area (Å²) in [5, 5.41) is 7.29. The Balaban J connectivity index is 0.000000121. The van der Waals surface area contributed by atoms with Gasteiger partial charge in [-0.2, -0.15) is 5.10 Å². The van der Waals surface area contributed by atoms with Crippen molar-refractivity contribution < 1.29 is 17.6 Å². The number of hydrogen-bond donors (Lipinski definition) is 6. The van der Waals surface area contributed by atoms with Crippen LogP contribution < -0.4 is 58.1 Å². The molecular formula is C62H86N20O4S. The molecule has 7 aliphatic rings. The number of nitrogens with two attached hydrogens (primary N) is 5. The van der Waals surface area contributed by atoms with Gasteiger partial charge in [0.15, 0.2) is 22.0 Å². The maximum Gasteiger partial charge on any atom is 0.223 e. The molecule has 7 fully saturated rings. The number of carbonyl (C=O) groups is 1. The van der Waals surface area contributed by atoms with E-state index in [2.05, 4.69) is 70.7 Å². The molecule has 7 aromatic rings. The van der Waals surface area contributed by atoms with E-state index >= 15 is 0 Å². The molecule has 0 unspecified atom stereocenters. The molecule has 13 heterocycles. The number of piperazine rings is 2. The van der Waals surface area contributed by atoms with Crippen molar-refractivity contribution in [2.75, 3.05) is 149 Å². The third kappa shape index (κ3) is 14.8. The number of aromatic amines is 1. The Bertz CT molecular complexity index is 3470. The Morgan fingerprint density at radius 3 is 1.53 bits per heavy atom. The predicted molar refractivity (Wildman–Crippen MR) is 346 cm³/mol. The van der Waals surface area contributed by atoms with Gasteiger partial charge >= 0.3 is 0 Å². The lowest BCUT2D eigenvalue weighted by Gasteiger charge is -2.49. The minimum absolute atomic E-state index is 0.168. The maximum atomic E-state index is 11.9. The first kappa shape index (κ1) is 61.5. The molecule has 0 bridgehead atoms. The second-order valence-corrected chi connectivity index (χ2v) is 27.1. The third-order valence-electron chi connectivity index (χ3n) is 18.1. The topological polar surface area (TPSA) is 323 Å². The molecule has 1 aliphatic carbocycles. The molecule has 1 spiro atoms. The number of oxazole rings is 1. The van der Waals surface area contributed by atoms with Crippen molar-refractivity contribution in [1.82, 2.24) is 45.0 Å². The summed E-state index contributed by atoms with van der Waals surface area (Å²) in [5.41, 5.74) is 41.3. The summed E-state index contributed by atoms with van der Waals surface area (Å²) in [5.74, 6) is 2.00. The first-order chi connectivity index (χ1) is 42.0. The number of amides is 1. The van der Waals surface area contributed by atoms with E-state index in [0.29, 0.717) is 54.2 Å². The van der Waals surface area contributed by atoms with Crippen molar-refractivity contribution in [3.05, 3.63) is 122 Å². The normalized spacial score (nSPS) is 20.3. The van der Waals surface area contributed by atoms with Crippen LogP contribution in [0.5, 0.6) is 0 Å². The van der Waals surface area contributed by atoms with Gasteiger partial charge in [-0.1, -0.05) is 6.42 Å². The average Bonchev–Trinajstić information content (AvgIpc) is 2.16. The van der Waals surface area contributed by atoms with E-state index in [0.717, 1.165) is 142 Å². The molecule has 1 atom stereocenters. The first-order valence-corrected chi connectivity index (χ1v) is 32.0. The number of aromatic nitrogens is 8. The molecule has 24 nitrogen and oxygen atoms in total.